The molecule has 5 heteroatoms. The molecule has 4 nitrogen and oxygen atoms in total. The van der Waals surface area contributed by atoms with Crippen molar-refractivity contribution in [3.63, 3.8) is 0 Å². The van der Waals surface area contributed by atoms with E-state index in [9.17, 15) is 9.90 Å². The van der Waals surface area contributed by atoms with E-state index in [0.717, 1.165) is 31.5 Å². The zero-order valence-electron chi connectivity index (χ0n) is 34.4. The summed E-state index contributed by atoms with van der Waals surface area (Å²) in [6, 6.07) is 13.4. The summed E-state index contributed by atoms with van der Waals surface area (Å²) in [6.07, 6.45) is 37.6. The van der Waals surface area contributed by atoms with Crippen molar-refractivity contribution in [3.8, 4) is 11.5 Å². The van der Waals surface area contributed by atoms with Crippen molar-refractivity contribution in [1.82, 2.24) is 0 Å². The van der Waals surface area contributed by atoms with Crippen molar-refractivity contribution in [2.24, 2.45) is 0 Å². The minimum atomic E-state index is -0.282. The third-order valence-electron chi connectivity index (χ3n) is 10.2. The van der Waals surface area contributed by atoms with E-state index in [0.29, 0.717) is 12.4 Å². The number of benzene rings is 2. The van der Waals surface area contributed by atoms with E-state index >= 15 is 0 Å². The smallest absolute Gasteiger partial charge is 0.872 e. The Balaban J connectivity index is 0.0000135. The first kappa shape index (κ1) is 48.3. The molecule has 2 rings (SSSR count). The Kier molecular flexibility index (Phi) is 31.4. The van der Waals surface area contributed by atoms with Gasteiger partial charge in [0.15, 0.2) is 5.78 Å². The summed E-state index contributed by atoms with van der Waals surface area (Å²) in [5, 5.41) is 12.7. The number of ether oxygens (including phenoxy) is 1. The Morgan fingerprint density at radius 2 is 1.00 bits per heavy atom. The van der Waals surface area contributed by atoms with Crippen molar-refractivity contribution < 1.29 is 44.2 Å². The predicted octanol–water partition coefficient (Wildman–Crippen LogP) is 11.0. The van der Waals surface area contributed by atoms with Crippen LogP contribution in [0.1, 0.15) is 204 Å². The van der Waals surface area contributed by atoms with E-state index in [1.807, 2.05) is 6.08 Å². The van der Waals surface area contributed by atoms with Crippen molar-refractivity contribution in [1.29, 1.82) is 0 Å². The van der Waals surface area contributed by atoms with Crippen molar-refractivity contribution in [2.75, 3.05) is 24.6 Å². The van der Waals surface area contributed by atoms with Crippen LogP contribution in [0.3, 0.4) is 0 Å². The number of hydrogen-bond donors (Lipinski definition) is 0. The van der Waals surface area contributed by atoms with Gasteiger partial charge < -0.3 is 14.7 Å². The summed E-state index contributed by atoms with van der Waals surface area (Å²) in [5.74, 6) is -0.00466. The summed E-state index contributed by atoms with van der Waals surface area (Å²) in [5.41, 5.74) is 2.42. The standard InChI is InChI=1S/C47H77NO3.Na/c1-4-7-10-13-16-18-20-22-24-27-38-48(39-28-25-23-21-19-17-14-11-8-5-2)43-33-30-42(31-34-43)32-37-46(49)45-36-35-44(41-47(45)50)51-40-29-26-15-12-9-6-3;/h30-37,41,50H,4-29,38-40H2,1-3H3;/q;+1/p-1/b37-32+;. The van der Waals surface area contributed by atoms with E-state index in [2.05, 4.69) is 49.9 Å². The zero-order chi connectivity index (χ0) is 36.6. The topological polar surface area (TPSA) is 52.6 Å². The molecule has 288 valence electrons. The molecule has 0 spiro atoms. The second-order valence-electron chi connectivity index (χ2n) is 14.9. The largest absolute Gasteiger partial charge is 1.00 e. The minimum absolute atomic E-state index is 0. The van der Waals surface area contributed by atoms with Gasteiger partial charge in [-0.3, -0.25) is 4.79 Å². The molecule has 2 aromatic carbocycles. The summed E-state index contributed by atoms with van der Waals surface area (Å²) < 4.78 is 5.78. The number of ketones is 1. The zero-order valence-corrected chi connectivity index (χ0v) is 36.4. The molecule has 0 bridgehead atoms. The van der Waals surface area contributed by atoms with Crippen molar-refractivity contribution in [2.45, 2.75) is 188 Å². The number of unbranched alkanes of at least 4 members (excludes halogenated alkanes) is 23. The van der Waals surface area contributed by atoms with Gasteiger partial charge in [-0.1, -0.05) is 192 Å². The molecular formula is C47H76NNaO3. The molecule has 0 unspecified atom stereocenters. The molecule has 0 aliphatic heterocycles. The second-order valence-corrected chi connectivity index (χ2v) is 14.9. The van der Waals surface area contributed by atoms with Crippen LogP contribution < -0.4 is 44.3 Å². The number of nitrogens with zero attached hydrogens (tertiary/aromatic N) is 1. The molecule has 0 aliphatic rings. The Morgan fingerprint density at radius 1 is 0.577 bits per heavy atom. The van der Waals surface area contributed by atoms with E-state index in [-0.39, 0.29) is 46.7 Å². The third-order valence-corrected chi connectivity index (χ3v) is 10.2. The normalized spacial score (nSPS) is 11.2. The van der Waals surface area contributed by atoms with Crippen LogP contribution in [0.2, 0.25) is 0 Å². The maximum atomic E-state index is 12.9. The van der Waals surface area contributed by atoms with E-state index in [1.165, 1.54) is 172 Å². The molecular weight excluding hydrogens is 650 g/mol. The average Bonchev–Trinajstić information content (AvgIpc) is 3.14. The fourth-order valence-electron chi connectivity index (χ4n) is 6.88. The van der Waals surface area contributed by atoms with Gasteiger partial charge in [0.2, 0.25) is 0 Å². The minimum Gasteiger partial charge on any atom is -0.872 e. The first-order valence-corrected chi connectivity index (χ1v) is 21.6. The number of allylic oxidation sites excluding steroid dienone is 1. The Bertz CT molecular complexity index is 1120. The quantitative estimate of drug-likeness (QED) is 0.0312. The van der Waals surface area contributed by atoms with Crippen LogP contribution in [0.25, 0.3) is 6.08 Å². The monoisotopic (exact) mass is 726 g/mol. The second kappa shape index (κ2) is 33.8. The van der Waals surface area contributed by atoms with Gasteiger partial charge in [-0.25, -0.2) is 0 Å². The fourth-order valence-corrected chi connectivity index (χ4v) is 6.88. The Hall–Kier alpha value is -1.75. The molecule has 0 fully saturated rings. The van der Waals surface area contributed by atoms with E-state index in [4.69, 9.17) is 4.74 Å². The molecule has 52 heavy (non-hydrogen) atoms. The van der Waals surface area contributed by atoms with Gasteiger partial charge in [-0.2, -0.15) is 0 Å². The van der Waals surface area contributed by atoms with Crippen molar-refractivity contribution in [3.05, 3.63) is 59.7 Å². The molecule has 0 aliphatic carbocycles. The number of rotatable bonds is 34. The molecule has 2 aromatic rings. The Labute approximate surface area is 343 Å². The van der Waals surface area contributed by atoms with Crippen LogP contribution in [0, 0.1) is 0 Å². The van der Waals surface area contributed by atoms with Crippen LogP contribution in [0.15, 0.2) is 48.5 Å². The SMILES string of the molecule is CCCCCCCCCCCCN(CCCCCCCCCCCC)c1ccc(/C=C/C(=O)c2ccc(OCCCCCCCC)cc2[O-])cc1.[Na+]. The van der Waals surface area contributed by atoms with E-state index < -0.39 is 0 Å². The molecule has 0 heterocycles. The van der Waals surface area contributed by atoms with Crippen LogP contribution in [-0.2, 0) is 0 Å². The maximum absolute atomic E-state index is 12.9. The number of hydrogen-bond acceptors (Lipinski definition) is 4. The number of anilines is 1. The molecule has 0 saturated carbocycles. The van der Waals surface area contributed by atoms with Gasteiger partial charge in [-0.15, -0.1) is 0 Å². The summed E-state index contributed by atoms with van der Waals surface area (Å²) in [4.78, 5) is 15.5. The van der Waals surface area contributed by atoms with Crippen LogP contribution >= 0.6 is 0 Å². The van der Waals surface area contributed by atoms with Gasteiger partial charge in [0, 0.05) is 24.3 Å². The van der Waals surface area contributed by atoms with Crippen LogP contribution in [-0.4, -0.2) is 25.5 Å². The van der Waals surface area contributed by atoms with Crippen LogP contribution in [0.4, 0.5) is 5.69 Å². The predicted molar refractivity (Wildman–Crippen MR) is 220 cm³/mol. The molecule has 0 saturated heterocycles. The van der Waals surface area contributed by atoms with Gasteiger partial charge in [0.05, 0.1) is 6.61 Å². The first-order valence-electron chi connectivity index (χ1n) is 21.6. The maximum Gasteiger partial charge on any atom is 1.00 e. The fraction of sp³-hybridized carbons (Fsp3) is 0.681. The molecule has 0 atom stereocenters. The summed E-state index contributed by atoms with van der Waals surface area (Å²) in [7, 11) is 0. The summed E-state index contributed by atoms with van der Waals surface area (Å²) >= 11 is 0. The van der Waals surface area contributed by atoms with Gasteiger partial charge >= 0.3 is 29.6 Å². The summed E-state index contributed by atoms with van der Waals surface area (Å²) in [6.45, 7) is 9.60. The number of carbonyl (C=O) groups is 1. The third kappa shape index (κ3) is 23.8. The molecule has 0 N–H and O–H groups in total. The van der Waals surface area contributed by atoms with Gasteiger partial charge in [0.1, 0.15) is 5.75 Å². The van der Waals surface area contributed by atoms with Crippen LogP contribution in [0.5, 0.6) is 11.5 Å². The molecule has 0 radical (unpaired) electrons. The molecule has 0 aromatic heterocycles. The first-order chi connectivity index (χ1) is 25.1. The van der Waals surface area contributed by atoms with Gasteiger partial charge in [-0.05, 0) is 61.2 Å². The number of carbonyl (C=O) groups excluding carboxylic acids is 1. The Morgan fingerprint density at radius 3 is 1.44 bits per heavy atom. The van der Waals surface area contributed by atoms with Crippen molar-refractivity contribution >= 4 is 17.5 Å². The van der Waals surface area contributed by atoms with Gasteiger partial charge in [0.25, 0.3) is 0 Å². The van der Waals surface area contributed by atoms with E-state index in [1.54, 1.807) is 12.1 Å². The molecule has 0 amide bonds. The average molecular weight is 726 g/mol.